The van der Waals surface area contributed by atoms with Crippen molar-refractivity contribution in [3.8, 4) is 0 Å². The molecule has 3 fully saturated rings. The number of hydrogen-bond acceptors (Lipinski definition) is 6. The molecule has 0 aromatic heterocycles. The quantitative estimate of drug-likeness (QED) is 0.282. The summed E-state index contributed by atoms with van der Waals surface area (Å²) in [4.78, 5) is 59.0. The van der Waals surface area contributed by atoms with E-state index in [9.17, 15) is 19.2 Å². The predicted octanol–water partition coefficient (Wildman–Crippen LogP) is 3.76. The van der Waals surface area contributed by atoms with Gasteiger partial charge in [-0.25, -0.2) is 4.79 Å². The summed E-state index contributed by atoms with van der Waals surface area (Å²) >= 11 is 0. The van der Waals surface area contributed by atoms with Gasteiger partial charge in [-0.1, -0.05) is 40.2 Å². The Hall–Kier alpha value is -2.42. The van der Waals surface area contributed by atoms with Gasteiger partial charge < -0.3 is 19.9 Å². The van der Waals surface area contributed by atoms with Gasteiger partial charge in [0.2, 0.25) is 17.7 Å². The second-order valence-electron chi connectivity index (χ2n) is 13.3. The van der Waals surface area contributed by atoms with Gasteiger partial charge in [0.25, 0.3) is 0 Å². The highest BCUT2D eigenvalue weighted by molar-refractivity contribution is 5.96. The van der Waals surface area contributed by atoms with Crippen molar-refractivity contribution in [1.82, 2.24) is 20.0 Å². The lowest BCUT2D eigenvalue weighted by molar-refractivity contribution is -0.152. The van der Waals surface area contributed by atoms with E-state index in [4.69, 9.17) is 4.74 Å². The first-order valence-electron chi connectivity index (χ1n) is 15.8. The van der Waals surface area contributed by atoms with E-state index in [2.05, 4.69) is 24.1 Å². The van der Waals surface area contributed by atoms with Gasteiger partial charge in [-0.15, -0.1) is 0 Å². The molecule has 0 aromatic rings. The Balaban J connectivity index is 1.71. The number of carbonyl (C=O) groups excluding carboxylic acids is 4. The summed E-state index contributed by atoms with van der Waals surface area (Å²) in [5.41, 5.74) is 0.505. The minimum absolute atomic E-state index is 0.0304. The Kier molecular flexibility index (Phi) is 11.8. The lowest BCUT2D eigenvalue weighted by Gasteiger charge is -2.39. The molecule has 41 heavy (non-hydrogen) atoms. The number of rotatable bonds is 12. The highest BCUT2D eigenvalue weighted by Gasteiger charge is 2.38. The number of piperidine rings is 1. The first-order chi connectivity index (χ1) is 19.3. The molecule has 3 amide bonds. The van der Waals surface area contributed by atoms with Crippen molar-refractivity contribution in [3.63, 3.8) is 0 Å². The Morgan fingerprint density at radius 3 is 2.15 bits per heavy atom. The van der Waals surface area contributed by atoms with Gasteiger partial charge in [0.1, 0.15) is 12.1 Å². The van der Waals surface area contributed by atoms with E-state index >= 15 is 0 Å². The van der Waals surface area contributed by atoms with Crippen LogP contribution in [0.3, 0.4) is 0 Å². The molecule has 0 spiro atoms. The second-order valence-corrected chi connectivity index (χ2v) is 13.3. The van der Waals surface area contributed by atoms with Crippen molar-refractivity contribution in [3.05, 3.63) is 11.6 Å². The van der Waals surface area contributed by atoms with E-state index in [1.54, 1.807) is 23.8 Å². The van der Waals surface area contributed by atoms with Crippen molar-refractivity contribution in [2.75, 3.05) is 26.7 Å². The number of ether oxygens (including phenoxy) is 1. The molecule has 0 aromatic carbocycles. The van der Waals surface area contributed by atoms with Gasteiger partial charge in [-0.05, 0) is 83.6 Å². The third-order valence-electron chi connectivity index (χ3n) is 8.92. The number of hydrogen-bond donors (Lipinski definition) is 1. The minimum Gasteiger partial charge on any atom is -0.464 e. The first kappa shape index (κ1) is 33.1. The average Bonchev–Trinajstić information content (AvgIpc) is 3.64. The maximum Gasteiger partial charge on any atom is 0.328 e. The summed E-state index contributed by atoms with van der Waals surface area (Å²) in [6, 6.07) is -1.54. The van der Waals surface area contributed by atoms with Crippen LogP contribution in [0, 0.1) is 17.8 Å². The monoisotopic (exact) mass is 574 g/mol. The third kappa shape index (κ3) is 8.55. The van der Waals surface area contributed by atoms with E-state index in [0.717, 1.165) is 45.1 Å². The lowest BCUT2D eigenvalue weighted by atomic mass is 9.95. The molecule has 3 rings (SSSR count). The van der Waals surface area contributed by atoms with Crippen LogP contribution >= 0.6 is 0 Å². The summed E-state index contributed by atoms with van der Waals surface area (Å²) in [7, 11) is 1.75. The van der Waals surface area contributed by atoms with Gasteiger partial charge in [-0.2, -0.15) is 0 Å². The normalized spacial score (nSPS) is 23.6. The average molecular weight is 575 g/mol. The second kappa shape index (κ2) is 14.7. The van der Waals surface area contributed by atoms with Crippen LogP contribution in [0.1, 0.15) is 93.4 Å². The van der Waals surface area contributed by atoms with Crippen LogP contribution in [0.2, 0.25) is 0 Å². The van der Waals surface area contributed by atoms with Crippen molar-refractivity contribution in [2.24, 2.45) is 17.8 Å². The van der Waals surface area contributed by atoms with Gasteiger partial charge in [-0.3, -0.25) is 19.3 Å². The van der Waals surface area contributed by atoms with Gasteiger partial charge in [0.15, 0.2) is 0 Å². The summed E-state index contributed by atoms with van der Waals surface area (Å²) in [5, 5.41) is 3.09. The highest BCUT2D eigenvalue weighted by atomic mass is 16.5. The molecule has 1 N–H and O–H groups in total. The molecule has 9 nitrogen and oxygen atoms in total. The first-order valence-corrected chi connectivity index (χ1v) is 15.8. The van der Waals surface area contributed by atoms with E-state index < -0.39 is 12.1 Å². The molecular formula is C32H54N4O5. The smallest absolute Gasteiger partial charge is 0.328 e. The molecule has 2 saturated heterocycles. The highest BCUT2D eigenvalue weighted by Crippen LogP contribution is 2.30. The van der Waals surface area contributed by atoms with E-state index in [1.807, 2.05) is 33.8 Å². The fourth-order valence-corrected chi connectivity index (χ4v) is 6.12. The SMILES string of the molecule is C/C(=C\[C@H](C(C)C)N(C)C(=O)[C@@H](NC(=O)[C@H]1CCCCN1C(C)C)C(C)C)C(=O)N1CCC[C@H]1C(=O)OCC1CC1. The zero-order valence-corrected chi connectivity index (χ0v) is 26.7. The molecule has 232 valence electrons. The van der Waals surface area contributed by atoms with Gasteiger partial charge >= 0.3 is 5.97 Å². The Bertz CT molecular complexity index is 973. The lowest BCUT2D eigenvalue weighted by Crippen LogP contribution is -2.58. The van der Waals surface area contributed by atoms with Gasteiger partial charge in [0, 0.05) is 25.2 Å². The molecule has 0 radical (unpaired) electrons. The Labute approximate surface area is 247 Å². The summed E-state index contributed by atoms with van der Waals surface area (Å²) in [6.45, 7) is 15.7. The van der Waals surface area contributed by atoms with Crippen LogP contribution in [0.4, 0.5) is 0 Å². The molecule has 0 unspecified atom stereocenters. The van der Waals surface area contributed by atoms with E-state index in [0.29, 0.717) is 31.1 Å². The summed E-state index contributed by atoms with van der Waals surface area (Å²) < 4.78 is 5.50. The number of carbonyl (C=O) groups is 4. The molecule has 1 aliphatic carbocycles. The number of esters is 1. The molecule has 9 heteroatoms. The van der Waals surface area contributed by atoms with Gasteiger partial charge in [0.05, 0.1) is 18.7 Å². The zero-order valence-electron chi connectivity index (χ0n) is 26.7. The maximum absolute atomic E-state index is 13.9. The van der Waals surface area contributed by atoms with E-state index in [1.165, 1.54) is 0 Å². The largest absolute Gasteiger partial charge is 0.464 e. The Morgan fingerprint density at radius 1 is 0.902 bits per heavy atom. The standard InChI is InChI=1S/C32H54N4O5/c1-20(2)27(18-23(7)30(38)36-17-11-13-26(36)32(40)41-19-24-14-15-24)34(8)31(39)28(21(3)4)33-29(37)25-12-9-10-16-35(25)22(5)6/h18,20-22,24-28H,9-17,19H2,1-8H3,(H,33,37)/b23-18+/t25-,26+,27-,28+/m1/s1. The molecule has 0 bridgehead atoms. The van der Waals surface area contributed by atoms with E-state index in [-0.39, 0.29) is 53.7 Å². The number of amides is 3. The number of likely N-dealkylation sites (tertiary alicyclic amines) is 2. The molecule has 4 atom stereocenters. The minimum atomic E-state index is -0.668. The molecule has 1 saturated carbocycles. The van der Waals surface area contributed by atoms with Crippen LogP contribution in [-0.2, 0) is 23.9 Å². The maximum atomic E-state index is 13.9. The van der Waals surface area contributed by atoms with Crippen LogP contribution in [-0.4, -0.2) is 95.3 Å². The molecule has 2 heterocycles. The molecule has 3 aliphatic rings. The van der Waals surface area contributed by atoms with Crippen LogP contribution in [0.15, 0.2) is 11.6 Å². The van der Waals surface area contributed by atoms with Crippen LogP contribution in [0.25, 0.3) is 0 Å². The predicted molar refractivity (Wildman–Crippen MR) is 160 cm³/mol. The van der Waals surface area contributed by atoms with Crippen molar-refractivity contribution in [2.45, 2.75) is 124 Å². The molecular weight excluding hydrogens is 520 g/mol. The fraction of sp³-hybridized carbons (Fsp3) is 0.812. The van der Waals surface area contributed by atoms with Crippen molar-refractivity contribution >= 4 is 23.7 Å². The summed E-state index contributed by atoms with van der Waals surface area (Å²) in [5.74, 6) is -0.356. The fourth-order valence-electron chi connectivity index (χ4n) is 6.12. The number of nitrogens with one attached hydrogen (secondary N) is 1. The summed E-state index contributed by atoms with van der Waals surface area (Å²) in [6.07, 6.45) is 8.30. The number of nitrogens with zero attached hydrogens (tertiary/aromatic N) is 3. The molecule has 2 aliphatic heterocycles. The number of likely N-dealkylation sites (N-methyl/N-ethyl adjacent to an activating group) is 1. The van der Waals surface area contributed by atoms with Crippen molar-refractivity contribution in [1.29, 1.82) is 0 Å². The van der Waals surface area contributed by atoms with Crippen LogP contribution in [0.5, 0.6) is 0 Å². The third-order valence-corrected chi connectivity index (χ3v) is 8.92. The Morgan fingerprint density at radius 2 is 1.56 bits per heavy atom. The topological polar surface area (TPSA) is 99.3 Å². The zero-order chi connectivity index (χ0) is 30.4. The van der Waals surface area contributed by atoms with Crippen LogP contribution < -0.4 is 5.32 Å². The van der Waals surface area contributed by atoms with Crippen molar-refractivity contribution < 1.29 is 23.9 Å².